The lowest BCUT2D eigenvalue weighted by Gasteiger charge is -2.25. The molecule has 1 unspecified atom stereocenters. The predicted octanol–water partition coefficient (Wildman–Crippen LogP) is 3.72. The van der Waals surface area contributed by atoms with Gasteiger partial charge in [0.2, 0.25) is 11.9 Å². The van der Waals surface area contributed by atoms with Crippen LogP contribution in [-0.2, 0) is 17.6 Å². The van der Waals surface area contributed by atoms with Crippen LogP contribution in [0.4, 0.5) is 11.6 Å². The van der Waals surface area contributed by atoms with Gasteiger partial charge in [0.05, 0.1) is 0 Å². The fourth-order valence-corrected chi connectivity index (χ4v) is 3.38. The van der Waals surface area contributed by atoms with E-state index in [0.29, 0.717) is 11.4 Å². The topological polar surface area (TPSA) is 58.1 Å². The van der Waals surface area contributed by atoms with Crippen molar-refractivity contribution in [2.45, 2.75) is 33.1 Å². The summed E-state index contributed by atoms with van der Waals surface area (Å²) in [4.78, 5) is 23.9. The molecule has 0 saturated carbocycles. The van der Waals surface area contributed by atoms with E-state index < -0.39 is 0 Å². The van der Waals surface area contributed by atoms with Gasteiger partial charge in [-0.25, -0.2) is 9.97 Å². The van der Waals surface area contributed by atoms with E-state index in [9.17, 15) is 4.79 Å². The minimum absolute atomic E-state index is 0.0285. The SMILES string of the molecule is CCN(CC)c1ncc2c(n1)CCC(C(=O)Nc1cccc(Cl)c1)C2. The largest absolute Gasteiger partial charge is 0.341 e. The van der Waals surface area contributed by atoms with Gasteiger partial charge >= 0.3 is 0 Å². The molecule has 132 valence electrons. The third-order valence-corrected chi connectivity index (χ3v) is 4.88. The minimum Gasteiger partial charge on any atom is -0.341 e. The quantitative estimate of drug-likeness (QED) is 0.885. The number of aryl methyl sites for hydroxylation is 1. The molecule has 0 saturated heterocycles. The van der Waals surface area contributed by atoms with Crippen molar-refractivity contribution in [3.63, 3.8) is 0 Å². The lowest BCUT2D eigenvalue weighted by atomic mass is 9.86. The van der Waals surface area contributed by atoms with Crippen molar-refractivity contribution in [2.75, 3.05) is 23.3 Å². The molecule has 25 heavy (non-hydrogen) atoms. The molecule has 1 aliphatic carbocycles. The Labute approximate surface area is 153 Å². The van der Waals surface area contributed by atoms with Crippen LogP contribution in [0.1, 0.15) is 31.5 Å². The zero-order chi connectivity index (χ0) is 17.8. The maximum atomic E-state index is 12.6. The third kappa shape index (κ3) is 4.10. The summed E-state index contributed by atoms with van der Waals surface area (Å²) in [5, 5.41) is 3.57. The number of benzene rings is 1. The van der Waals surface area contributed by atoms with Crippen molar-refractivity contribution in [3.8, 4) is 0 Å². The molecular weight excluding hydrogens is 336 g/mol. The Hall–Kier alpha value is -2.14. The molecule has 0 bridgehead atoms. The summed E-state index contributed by atoms with van der Waals surface area (Å²) in [7, 11) is 0. The number of fused-ring (bicyclic) bond motifs is 1. The molecule has 0 spiro atoms. The number of halogens is 1. The maximum Gasteiger partial charge on any atom is 0.227 e. The zero-order valence-electron chi connectivity index (χ0n) is 14.6. The lowest BCUT2D eigenvalue weighted by molar-refractivity contribution is -0.120. The van der Waals surface area contributed by atoms with Gasteiger partial charge in [-0.2, -0.15) is 0 Å². The number of carbonyl (C=O) groups excluding carboxylic acids is 1. The van der Waals surface area contributed by atoms with Gasteiger partial charge in [-0.3, -0.25) is 4.79 Å². The van der Waals surface area contributed by atoms with E-state index in [1.807, 2.05) is 18.3 Å². The predicted molar refractivity (Wildman–Crippen MR) is 101 cm³/mol. The van der Waals surface area contributed by atoms with Crippen LogP contribution < -0.4 is 10.2 Å². The van der Waals surface area contributed by atoms with E-state index in [0.717, 1.165) is 48.8 Å². The van der Waals surface area contributed by atoms with E-state index in [2.05, 4.69) is 29.0 Å². The molecule has 1 atom stereocenters. The molecule has 0 radical (unpaired) electrons. The number of rotatable bonds is 5. The molecule has 1 heterocycles. The second kappa shape index (κ2) is 7.83. The summed E-state index contributed by atoms with van der Waals surface area (Å²) >= 11 is 5.97. The van der Waals surface area contributed by atoms with Gasteiger partial charge in [0, 0.05) is 41.6 Å². The first-order valence-corrected chi connectivity index (χ1v) is 9.14. The van der Waals surface area contributed by atoms with Crippen molar-refractivity contribution in [2.24, 2.45) is 5.92 Å². The summed E-state index contributed by atoms with van der Waals surface area (Å²) in [6, 6.07) is 7.23. The van der Waals surface area contributed by atoms with E-state index >= 15 is 0 Å². The smallest absolute Gasteiger partial charge is 0.227 e. The number of hydrogen-bond donors (Lipinski definition) is 1. The number of nitrogens with one attached hydrogen (secondary N) is 1. The summed E-state index contributed by atoms with van der Waals surface area (Å²) in [5.41, 5.74) is 2.88. The van der Waals surface area contributed by atoms with Crippen LogP contribution in [0.15, 0.2) is 30.5 Å². The maximum absolute atomic E-state index is 12.6. The van der Waals surface area contributed by atoms with Crippen LogP contribution in [0.2, 0.25) is 5.02 Å². The highest BCUT2D eigenvalue weighted by molar-refractivity contribution is 6.30. The van der Waals surface area contributed by atoms with Crippen LogP contribution in [0.25, 0.3) is 0 Å². The normalized spacial score (nSPS) is 16.2. The molecule has 0 aliphatic heterocycles. The number of amides is 1. The second-order valence-electron chi connectivity index (χ2n) is 6.25. The molecule has 1 aliphatic rings. The van der Waals surface area contributed by atoms with E-state index in [-0.39, 0.29) is 11.8 Å². The van der Waals surface area contributed by atoms with E-state index in [1.165, 1.54) is 0 Å². The molecule has 1 amide bonds. The molecule has 1 N–H and O–H groups in total. The Balaban J connectivity index is 1.69. The van der Waals surface area contributed by atoms with Crippen molar-refractivity contribution in [1.82, 2.24) is 9.97 Å². The van der Waals surface area contributed by atoms with E-state index in [4.69, 9.17) is 16.6 Å². The van der Waals surface area contributed by atoms with Crippen LogP contribution in [0, 0.1) is 5.92 Å². The zero-order valence-corrected chi connectivity index (χ0v) is 15.4. The average molecular weight is 359 g/mol. The van der Waals surface area contributed by atoms with Crippen molar-refractivity contribution < 1.29 is 4.79 Å². The Morgan fingerprint density at radius 2 is 2.16 bits per heavy atom. The first-order chi connectivity index (χ1) is 12.1. The van der Waals surface area contributed by atoms with Crippen LogP contribution >= 0.6 is 11.6 Å². The van der Waals surface area contributed by atoms with Gasteiger partial charge in [0.25, 0.3) is 0 Å². The number of nitrogens with zero attached hydrogens (tertiary/aromatic N) is 3. The van der Waals surface area contributed by atoms with Gasteiger partial charge in [-0.15, -0.1) is 0 Å². The molecule has 1 aromatic heterocycles. The Bertz CT molecular complexity index is 761. The molecule has 1 aromatic carbocycles. The number of anilines is 2. The van der Waals surface area contributed by atoms with Crippen molar-refractivity contribution >= 4 is 29.1 Å². The van der Waals surface area contributed by atoms with Gasteiger partial charge in [0.15, 0.2) is 0 Å². The molecule has 6 heteroatoms. The highest BCUT2D eigenvalue weighted by atomic mass is 35.5. The Morgan fingerprint density at radius 1 is 1.36 bits per heavy atom. The molecule has 3 rings (SSSR count). The first kappa shape index (κ1) is 17.7. The summed E-state index contributed by atoms with van der Waals surface area (Å²) < 4.78 is 0. The summed E-state index contributed by atoms with van der Waals surface area (Å²) in [6.45, 7) is 5.98. The average Bonchev–Trinajstić information content (AvgIpc) is 2.62. The lowest BCUT2D eigenvalue weighted by Crippen LogP contribution is -2.30. The van der Waals surface area contributed by atoms with Gasteiger partial charge in [-0.1, -0.05) is 17.7 Å². The molecular formula is C19H23ClN4O. The van der Waals surface area contributed by atoms with Crippen molar-refractivity contribution in [3.05, 3.63) is 46.7 Å². The number of carbonyl (C=O) groups is 1. The minimum atomic E-state index is -0.0608. The summed E-state index contributed by atoms with van der Waals surface area (Å²) in [6.07, 6.45) is 4.17. The Morgan fingerprint density at radius 3 is 2.88 bits per heavy atom. The molecule has 0 fully saturated rings. The van der Waals surface area contributed by atoms with Crippen LogP contribution in [-0.4, -0.2) is 29.0 Å². The molecule has 2 aromatic rings. The van der Waals surface area contributed by atoms with Crippen molar-refractivity contribution in [1.29, 1.82) is 0 Å². The van der Waals surface area contributed by atoms with Gasteiger partial charge < -0.3 is 10.2 Å². The second-order valence-corrected chi connectivity index (χ2v) is 6.69. The van der Waals surface area contributed by atoms with E-state index in [1.54, 1.807) is 12.1 Å². The number of hydrogen-bond acceptors (Lipinski definition) is 4. The highest BCUT2D eigenvalue weighted by Crippen LogP contribution is 2.26. The Kier molecular flexibility index (Phi) is 5.53. The monoisotopic (exact) mass is 358 g/mol. The van der Waals surface area contributed by atoms with Crippen LogP contribution in [0.3, 0.4) is 0 Å². The highest BCUT2D eigenvalue weighted by Gasteiger charge is 2.26. The van der Waals surface area contributed by atoms with Gasteiger partial charge in [0.1, 0.15) is 0 Å². The fraction of sp³-hybridized carbons (Fsp3) is 0.421. The molecule has 5 nitrogen and oxygen atoms in total. The standard InChI is InChI=1S/C19H23ClN4O/c1-3-24(4-2)19-21-12-14-10-13(8-9-17(14)23-19)18(25)22-16-7-5-6-15(20)11-16/h5-7,11-13H,3-4,8-10H2,1-2H3,(H,22,25). The third-order valence-electron chi connectivity index (χ3n) is 4.65. The first-order valence-electron chi connectivity index (χ1n) is 8.76. The van der Waals surface area contributed by atoms with Gasteiger partial charge in [-0.05, 0) is 56.9 Å². The fourth-order valence-electron chi connectivity index (χ4n) is 3.19. The number of aromatic nitrogens is 2. The van der Waals surface area contributed by atoms with Crippen LogP contribution in [0.5, 0.6) is 0 Å². The summed E-state index contributed by atoms with van der Waals surface area (Å²) in [5.74, 6) is 0.751.